The Hall–Kier alpha value is -0.905. The lowest BCUT2D eigenvalue weighted by Gasteiger charge is -2.02. The highest BCUT2D eigenvalue weighted by Crippen LogP contribution is 1.84. The number of pyridine rings is 1. The molecule has 0 saturated heterocycles. The Labute approximate surface area is 64.9 Å². The molecule has 4 nitrogen and oxygen atoms in total. The van der Waals surface area contributed by atoms with Gasteiger partial charge in [0.1, 0.15) is 0 Å². The first kappa shape index (κ1) is 8.19. The van der Waals surface area contributed by atoms with E-state index in [0.717, 1.165) is 0 Å². The summed E-state index contributed by atoms with van der Waals surface area (Å²) in [7, 11) is 0.272. The first-order valence-corrected chi connectivity index (χ1v) is 3.12. The Bertz CT molecular complexity index is 206. The minimum atomic E-state index is -1.06. The quantitative estimate of drug-likeness (QED) is 0.356. The van der Waals surface area contributed by atoms with Gasteiger partial charge in [-0.3, -0.25) is 14.7 Å². The molecule has 58 valence electrons. The van der Waals surface area contributed by atoms with Crippen molar-refractivity contribution in [2.75, 3.05) is 7.11 Å². The zero-order valence-corrected chi connectivity index (χ0v) is 6.10. The van der Waals surface area contributed by atoms with Crippen LogP contribution >= 0.6 is 0 Å². The third kappa shape index (κ3) is 2.30. The van der Waals surface area contributed by atoms with Gasteiger partial charge in [-0.05, 0) is 6.07 Å². The minimum Gasteiger partial charge on any atom is -0.422 e. The zero-order valence-electron chi connectivity index (χ0n) is 6.10. The summed E-state index contributed by atoms with van der Waals surface area (Å²) in [6.07, 6.45) is 3.12. The molecule has 0 spiro atoms. The molecule has 0 unspecified atom stereocenters. The molecule has 1 N–H and O–H groups in total. The van der Waals surface area contributed by atoms with Gasteiger partial charge in [-0.2, -0.15) is 0 Å². The fourth-order valence-electron chi connectivity index (χ4n) is 0.669. The lowest BCUT2D eigenvalue weighted by atomic mass is 9.82. The fraction of sp³-hybridized carbons (Fsp3) is 0.167. The lowest BCUT2D eigenvalue weighted by Crippen LogP contribution is -2.33. The molecule has 1 aromatic heterocycles. The van der Waals surface area contributed by atoms with E-state index in [1.54, 1.807) is 18.3 Å². The predicted octanol–water partition coefficient (Wildman–Crippen LogP) is -0.653. The van der Waals surface area contributed by atoms with Crippen LogP contribution in [0.25, 0.3) is 0 Å². The van der Waals surface area contributed by atoms with Crippen LogP contribution in [0.4, 0.5) is 0 Å². The maximum Gasteiger partial charge on any atom is 0.524 e. The largest absolute Gasteiger partial charge is 0.524 e. The molecule has 1 aromatic rings. The van der Waals surface area contributed by atoms with E-state index in [2.05, 4.69) is 14.7 Å². The Morgan fingerprint density at radius 3 is 3.00 bits per heavy atom. The summed E-state index contributed by atoms with van der Waals surface area (Å²) in [5, 5.41) is 9.13. The zero-order chi connectivity index (χ0) is 8.10. The number of aromatic nitrogens is 1. The second-order valence-electron chi connectivity index (χ2n) is 1.90. The van der Waals surface area contributed by atoms with Gasteiger partial charge in [0.25, 0.3) is 0 Å². The standard InChI is InChI=1S/C6H8BNO3/c1-10-11-7(9)6-3-2-4-8-5-6/h2-5,9H,1H3. The Morgan fingerprint density at radius 1 is 1.64 bits per heavy atom. The monoisotopic (exact) mass is 153 g/mol. The molecule has 0 aliphatic heterocycles. The molecule has 0 atom stereocenters. The van der Waals surface area contributed by atoms with Crippen molar-refractivity contribution in [3.05, 3.63) is 24.5 Å². The van der Waals surface area contributed by atoms with Crippen LogP contribution in [0.3, 0.4) is 0 Å². The molecule has 0 aromatic carbocycles. The highest BCUT2D eigenvalue weighted by atomic mass is 17.2. The number of nitrogens with zero attached hydrogens (tertiary/aromatic N) is 1. The molecule has 0 aliphatic carbocycles. The number of hydrogen-bond acceptors (Lipinski definition) is 4. The van der Waals surface area contributed by atoms with Crippen LogP contribution in [-0.4, -0.2) is 24.2 Å². The lowest BCUT2D eigenvalue weighted by molar-refractivity contribution is -0.193. The second-order valence-corrected chi connectivity index (χ2v) is 1.90. The Morgan fingerprint density at radius 2 is 2.45 bits per heavy atom. The van der Waals surface area contributed by atoms with Crippen LogP contribution in [0.1, 0.15) is 0 Å². The van der Waals surface area contributed by atoms with E-state index >= 15 is 0 Å². The van der Waals surface area contributed by atoms with E-state index in [9.17, 15) is 0 Å². The van der Waals surface area contributed by atoms with Crippen LogP contribution in [-0.2, 0) is 9.69 Å². The van der Waals surface area contributed by atoms with Crippen molar-refractivity contribution in [3.63, 3.8) is 0 Å². The van der Waals surface area contributed by atoms with Crippen LogP contribution in [0.5, 0.6) is 0 Å². The average molecular weight is 153 g/mol. The van der Waals surface area contributed by atoms with Crippen LogP contribution < -0.4 is 5.46 Å². The highest BCUT2D eigenvalue weighted by Gasteiger charge is 2.16. The van der Waals surface area contributed by atoms with E-state index < -0.39 is 7.12 Å². The maximum absolute atomic E-state index is 9.13. The molecule has 1 heterocycles. The topological polar surface area (TPSA) is 51.6 Å². The third-order valence-corrected chi connectivity index (χ3v) is 1.16. The van der Waals surface area contributed by atoms with E-state index in [-0.39, 0.29) is 0 Å². The first-order chi connectivity index (χ1) is 5.34. The van der Waals surface area contributed by atoms with E-state index in [1.165, 1.54) is 13.3 Å². The Balaban J connectivity index is 2.61. The van der Waals surface area contributed by atoms with Gasteiger partial charge in [0, 0.05) is 17.9 Å². The van der Waals surface area contributed by atoms with Gasteiger partial charge in [0.15, 0.2) is 0 Å². The van der Waals surface area contributed by atoms with Gasteiger partial charge < -0.3 is 5.02 Å². The molecule has 0 bridgehead atoms. The number of hydrogen-bond donors (Lipinski definition) is 1. The van der Waals surface area contributed by atoms with Gasteiger partial charge >= 0.3 is 7.12 Å². The summed E-state index contributed by atoms with van der Waals surface area (Å²) in [6.45, 7) is 0. The van der Waals surface area contributed by atoms with Crippen molar-refractivity contribution in [3.8, 4) is 0 Å². The molecule has 0 fully saturated rings. The molecular formula is C6H8BNO3. The SMILES string of the molecule is COOB(O)c1cccnc1. The smallest absolute Gasteiger partial charge is 0.422 e. The molecule has 0 aliphatic rings. The normalized spacial score (nSPS) is 9.64. The predicted molar refractivity (Wildman–Crippen MR) is 39.9 cm³/mol. The number of rotatable bonds is 3. The molecule has 0 amide bonds. The third-order valence-electron chi connectivity index (χ3n) is 1.16. The van der Waals surface area contributed by atoms with Gasteiger partial charge in [-0.15, -0.1) is 0 Å². The molecular weight excluding hydrogens is 145 g/mol. The van der Waals surface area contributed by atoms with E-state index in [4.69, 9.17) is 5.02 Å². The highest BCUT2D eigenvalue weighted by molar-refractivity contribution is 6.59. The van der Waals surface area contributed by atoms with Crippen LogP contribution in [0.15, 0.2) is 24.5 Å². The fourth-order valence-corrected chi connectivity index (χ4v) is 0.669. The van der Waals surface area contributed by atoms with Crippen molar-refractivity contribution in [1.82, 2.24) is 4.98 Å². The minimum absolute atomic E-state index is 0.564. The molecule has 5 heteroatoms. The summed E-state index contributed by atoms with van der Waals surface area (Å²) in [4.78, 5) is 12.5. The van der Waals surface area contributed by atoms with Crippen molar-refractivity contribution in [2.45, 2.75) is 0 Å². The average Bonchev–Trinajstić information content (AvgIpc) is 2.07. The summed E-state index contributed by atoms with van der Waals surface area (Å²) in [5.41, 5.74) is 0.564. The summed E-state index contributed by atoms with van der Waals surface area (Å²) < 4.78 is 0. The van der Waals surface area contributed by atoms with E-state index in [1.807, 2.05) is 0 Å². The van der Waals surface area contributed by atoms with Crippen molar-refractivity contribution in [2.24, 2.45) is 0 Å². The molecule has 0 saturated carbocycles. The van der Waals surface area contributed by atoms with Gasteiger partial charge in [0.05, 0.1) is 7.11 Å². The molecule has 0 radical (unpaired) electrons. The summed E-state index contributed by atoms with van der Waals surface area (Å²) in [5.74, 6) is 0. The van der Waals surface area contributed by atoms with E-state index in [0.29, 0.717) is 5.46 Å². The first-order valence-electron chi connectivity index (χ1n) is 3.12. The molecule has 1 rings (SSSR count). The van der Waals surface area contributed by atoms with Crippen LogP contribution in [0, 0.1) is 0 Å². The van der Waals surface area contributed by atoms with Crippen LogP contribution in [0.2, 0.25) is 0 Å². The summed E-state index contributed by atoms with van der Waals surface area (Å²) >= 11 is 0. The Kier molecular flexibility index (Phi) is 3.03. The second kappa shape index (κ2) is 4.07. The van der Waals surface area contributed by atoms with Gasteiger partial charge in [-0.25, -0.2) is 0 Å². The maximum atomic E-state index is 9.13. The van der Waals surface area contributed by atoms with Crippen molar-refractivity contribution < 1.29 is 14.7 Å². The van der Waals surface area contributed by atoms with Crippen molar-refractivity contribution in [1.29, 1.82) is 0 Å². The summed E-state index contributed by atoms with van der Waals surface area (Å²) in [6, 6.07) is 3.40. The van der Waals surface area contributed by atoms with Gasteiger partial charge in [0.2, 0.25) is 0 Å². The van der Waals surface area contributed by atoms with Gasteiger partial charge in [-0.1, -0.05) is 6.07 Å². The van der Waals surface area contributed by atoms with Crippen molar-refractivity contribution >= 4 is 12.6 Å². The molecule has 11 heavy (non-hydrogen) atoms.